The van der Waals surface area contributed by atoms with Gasteiger partial charge in [0.05, 0.1) is 0 Å². The van der Waals surface area contributed by atoms with Gasteiger partial charge in [-0.1, -0.05) is 0 Å². The van der Waals surface area contributed by atoms with E-state index in [2.05, 4.69) is 48.6 Å². The molecule has 0 saturated carbocycles. The van der Waals surface area contributed by atoms with Crippen molar-refractivity contribution in [3.05, 3.63) is 30.1 Å². The van der Waals surface area contributed by atoms with Crippen molar-refractivity contribution in [2.75, 3.05) is 5.75 Å². The second kappa shape index (κ2) is 3.62. The number of rotatable bonds is 2. The van der Waals surface area contributed by atoms with Crippen LogP contribution >= 0.6 is 12.6 Å². The van der Waals surface area contributed by atoms with Gasteiger partial charge in [-0.3, -0.25) is 0 Å². The lowest BCUT2D eigenvalue weighted by Crippen LogP contribution is -2.33. The molecule has 0 aromatic carbocycles. The van der Waals surface area contributed by atoms with Crippen LogP contribution in [0.1, 0.15) is 5.56 Å². The summed E-state index contributed by atoms with van der Waals surface area (Å²) < 4.78 is 2.12. The first kappa shape index (κ1) is 7.61. The normalized spacial score (nSPS) is 9.80. The second-order valence-electron chi connectivity index (χ2n) is 2.34. The molecule has 1 rings (SSSR count). The molecule has 0 amide bonds. The molecule has 1 aromatic heterocycles. The monoisotopic (exact) mass is 154 g/mol. The molecule has 0 saturated heterocycles. The zero-order valence-electron chi connectivity index (χ0n) is 6.12. The van der Waals surface area contributed by atoms with Gasteiger partial charge < -0.3 is 0 Å². The maximum Gasteiger partial charge on any atom is 0.169 e. The minimum Gasteiger partial charge on any atom is -0.204 e. The number of thiol groups is 1. The molecule has 54 valence electrons. The summed E-state index contributed by atoms with van der Waals surface area (Å²) in [5.74, 6) is 0.897. The topological polar surface area (TPSA) is 3.88 Å². The zero-order valence-corrected chi connectivity index (χ0v) is 7.01. The van der Waals surface area contributed by atoms with Crippen molar-refractivity contribution >= 4 is 12.6 Å². The first-order chi connectivity index (χ1) is 4.83. The summed E-state index contributed by atoms with van der Waals surface area (Å²) in [6.45, 7) is 3.08. The van der Waals surface area contributed by atoms with Crippen molar-refractivity contribution in [1.29, 1.82) is 0 Å². The van der Waals surface area contributed by atoms with Crippen molar-refractivity contribution < 1.29 is 4.57 Å². The fourth-order valence-corrected chi connectivity index (χ4v) is 1.03. The molecular weight excluding hydrogens is 142 g/mol. The molecule has 0 fully saturated rings. The van der Waals surface area contributed by atoms with Gasteiger partial charge in [0.1, 0.15) is 0 Å². The van der Waals surface area contributed by atoms with Crippen LogP contribution in [0.15, 0.2) is 24.5 Å². The van der Waals surface area contributed by atoms with Gasteiger partial charge in [0.2, 0.25) is 0 Å². The van der Waals surface area contributed by atoms with E-state index in [4.69, 9.17) is 0 Å². The fourth-order valence-electron chi connectivity index (χ4n) is 0.796. The van der Waals surface area contributed by atoms with Crippen molar-refractivity contribution in [2.45, 2.75) is 13.5 Å². The third-order valence-electron chi connectivity index (χ3n) is 1.42. The smallest absolute Gasteiger partial charge is 0.169 e. The molecule has 1 heterocycles. The van der Waals surface area contributed by atoms with Crippen LogP contribution < -0.4 is 4.57 Å². The van der Waals surface area contributed by atoms with E-state index in [1.807, 2.05) is 0 Å². The summed E-state index contributed by atoms with van der Waals surface area (Å²) in [6.07, 6.45) is 4.15. The van der Waals surface area contributed by atoms with Crippen LogP contribution in [0.2, 0.25) is 0 Å². The van der Waals surface area contributed by atoms with Gasteiger partial charge in [0, 0.05) is 17.9 Å². The van der Waals surface area contributed by atoms with Gasteiger partial charge in [-0.05, 0) is 12.5 Å². The lowest BCUT2D eigenvalue weighted by atomic mass is 10.3. The maximum absolute atomic E-state index is 4.14. The van der Waals surface area contributed by atoms with Crippen molar-refractivity contribution in [2.24, 2.45) is 0 Å². The Morgan fingerprint density at radius 3 is 2.50 bits per heavy atom. The molecule has 10 heavy (non-hydrogen) atoms. The first-order valence-corrected chi connectivity index (χ1v) is 4.03. The Bertz CT molecular complexity index is 193. The van der Waals surface area contributed by atoms with E-state index in [9.17, 15) is 0 Å². The predicted octanol–water partition coefficient (Wildman–Crippen LogP) is 1.21. The zero-order chi connectivity index (χ0) is 7.40. The highest BCUT2D eigenvalue weighted by molar-refractivity contribution is 7.80. The minimum atomic E-state index is 0.897. The summed E-state index contributed by atoms with van der Waals surface area (Å²) in [6, 6.07) is 4.20. The van der Waals surface area contributed by atoms with E-state index in [1.54, 1.807) is 0 Å². The molecule has 0 aliphatic carbocycles. The Morgan fingerprint density at radius 1 is 1.40 bits per heavy atom. The molecular formula is C8H12NS+. The third kappa shape index (κ3) is 2.03. The minimum absolute atomic E-state index is 0.897. The Balaban J connectivity index is 2.69. The number of aromatic nitrogens is 1. The van der Waals surface area contributed by atoms with Gasteiger partial charge in [0.15, 0.2) is 18.9 Å². The van der Waals surface area contributed by atoms with Crippen LogP contribution in [0.3, 0.4) is 0 Å². The van der Waals surface area contributed by atoms with Crippen LogP contribution in [0.4, 0.5) is 0 Å². The lowest BCUT2D eigenvalue weighted by Gasteiger charge is -1.92. The molecule has 0 radical (unpaired) electrons. The highest BCUT2D eigenvalue weighted by atomic mass is 32.1. The van der Waals surface area contributed by atoms with Gasteiger partial charge in [0.25, 0.3) is 0 Å². The van der Waals surface area contributed by atoms with Crippen LogP contribution in [-0.2, 0) is 6.54 Å². The molecule has 0 bridgehead atoms. The van der Waals surface area contributed by atoms with Crippen LogP contribution in [-0.4, -0.2) is 5.75 Å². The predicted molar refractivity (Wildman–Crippen MR) is 45.2 cm³/mol. The van der Waals surface area contributed by atoms with Crippen LogP contribution in [0.25, 0.3) is 0 Å². The van der Waals surface area contributed by atoms with E-state index < -0.39 is 0 Å². The van der Waals surface area contributed by atoms with Crippen molar-refractivity contribution in [3.63, 3.8) is 0 Å². The van der Waals surface area contributed by atoms with E-state index in [1.165, 1.54) is 5.56 Å². The van der Waals surface area contributed by atoms with Crippen molar-refractivity contribution in [1.82, 2.24) is 0 Å². The van der Waals surface area contributed by atoms with Gasteiger partial charge in [-0.15, -0.1) is 0 Å². The van der Waals surface area contributed by atoms with E-state index in [0.717, 1.165) is 12.3 Å². The number of nitrogens with zero attached hydrogens (tertiary/aromatic N) is 1. The fraction of sp³-hybridized carbons (Fsp3) is 0.375. The molecule has 1 aromatic rings. The average molecular weight is 154 g/mol. The molecule has 0 atom stereocenters. The Morgan fingerprint density at radius 2 is 2.00 bits per heavy atom. The van der Waals surface area contributed by atoms with Crippen molar-refractivity contribution in [3.8, 4) is 0 Å². The molecule has 2 heteroatoms. The quantitative estimate of drug-likeness (QED) is 0.482. The Hall–Kier alpha value is -0.500. The molecule has 1 nitrogen and oxygen atoms in total. The largest absolute Gasteiger partial charge is 0.204 e. The van der Waals surface area contributed by atoms with Gasteiger partial charge in [-0.25, -0.2) is 4.57 Å². The number of hydrogen-bond donors (Lipinski definition) is 1. The first-order valence-electron chi connectivity index (χ1n) is 3.39. The molecule has 0 N–H and O–H groups in total. The third-order valence-corrected chi connectivity index (χ3v) is 1.62. The summed E-state index contributed by atoms with van der Waals surface area (Å²) in [5, 5.41) is 0. The Kier molecular flexibility index (Phi) is 2.75. The number of hydrogen-bond acceptors (Lipinski definition) is 1. The summed E-state index contributed by atoms with van der Waals surface area (Å²) in [5.41, 5.74) is 1.30. The summed E-state index contributed by atoms with van der Waals surface area (Å²) >= 11 is 4.14. The number of pyridine rings is 1. The highest BCUT2D eigenvalue weighted by Crippen LogP contribution is 1.89. The molecule has 0 aliphatic rings. The summed E-state index contributed by atoms with van der Waals surface area (Å²) in [4.78, 5) is 0. The van der Waals surface area contributed by atoms with Crippen LogP contribution in [0, 0.1) is 6.92 Å². The summed E-state index contributed by atoms with van der Waals surface area (Å²) in [7, 11) is 0. The average Bonchev–Trinajstić information content (AvgIpc) is 1.95. The standard InChI is InChI=1S/C8H11NS/c1-8-2-4-9(5-3-8)6-7-10/h2-5H,6-7H2,1H3/p+1. The highest BCUT2D eigenvalue weighted by Gasteiger charge is 1.94. The van der Waals surface area contributed by atoms with Gasteiger partial charge >= 0.3 is 0 Å². The number of aryl methyl sites for hydroxylation is 2. The molecule has 0 aliphatic heterocycles. The van der Waals surface area contributed by atoms with E-state index >= 15 is 0 Å². The second-order valence-corrected chi connectivity index (χ2v) is 2.78. The molecule has 0 unspecified atom stereocenters. The molecule has 0 spiro atoms. The van der Waals surface area contributed by atoms with Gasteiger partial charge in [-0.2, -0.15) is 12.6 Å². The van der Waals surface area contributed by atoms with E-state index in [0.29, 0.717) is 0 Å². The van der Waals surface area contributed by atoms with Crippen LogP contribution in [0.5, 0.6) is 0 Å². The van der Waals surface area contributed by atoms with E-state index in [-0.39, 0.29) is 0 Å². The SMILES string of the molecule is Cc1cc[n+](CCS)cc1. The Labute approximate surface area is 67.1 Å². The maximum atomic E-state index is 4.14. The lowest BCUT2D eigenvalue weighted by molar-refractivity contribution is -0.692.